The van der Waals surface area contributed by atoms with Gasteiger partial charge in [-0.25, -0.2) is 9.97 Å². The van der Waals surface area contributed by atoms with Gasteiger partial charge in [-0.3, -0.25) is 4.98 Å². The molecule has 1 aliphatic rings. The standard InChI is InChI=1S/C8H6N2S.C5H4BrN.C3H2NS/c1-2-4-9-7(3-1)8-10-5-6-11-8;6-5-3-1-2-4-7-5;1-2-5-3-4-1/h1-6H;1-4H;1-2H/q;;+1. The average molecular weight is 404 g/mol. The fraction of sp³-hybridized carbons (Fsp3) is 0. The van der Waals surface area contributed by atoms with Gasteiger partial charge in [0.1, 0.15) is 26.8 Å². The molecular weight excluding hydrogens is 392 g/mol. The molecule has 0 atom stereocenters. The Hall–Kier alpha value is -1.92. The van der Waals surface area contributed by atoms with E-state index in [9.17, 15) is 0 Å². The van der Waals surface area contributed by atoms with Crippen LogP contribution in [0.5, 0.6) is 0 Å². The lowest BCUT2D eigenvalue weighted by Gasteiger charge is -1.90. The number of pyridine rings is 2. The summed E-state index contributed by atoms with van der Waals surface area (Å²) in [6, 6.07) is 11.5. The first-order valence-electron chi connectivity index (χ1n) is 6.49. The molecule has 3 aromatic heterocycles. The molecule has 4 rings (SSSR count). The molecule has 114 valence electrons. The molecule has 0 aliphatic carbocycles. The molecule has 4 heterocycles. The van der Waals surface area contributed by atoms with Crippen LogP contribution in [0.15, 0.2) is 81.6 Å². The Bertz CT molecular complexity index is 706. The maximum atomic E-state index is 4.17. The van der Waals surface area contributed by atoms with Gasteiger partial charge < -0.3 is 0 Å². The van der Waals surface area contributed by atoms with Crippen LogP contribution >= 0.6 is 39.0 Å². The van der Waals surface area contributed by atoms with Crippen LogP contribution in [0, 0.1) is 0 Å². The lowest BCUT2D eigenvalue weighted by atomic mass is 10.4. The van der Waals surface area contributed by atoms with Crippen molar-refractivity contribution in [1.82, 2.24) is 15.0 Å². The summed E-state index contributed by atoms with van der Waals surface area (Å²) in [7, 11) is 0. The fourth-order valence-electron chi connectivity index (χ4n) is 1.33. The van der Waals surface area contributed by atoms with E-state index < -0.39 is 0 Å². The fourth-order valence-corrected chi connectivity index (χ4v) is 2.52. The first kappa shape index (κ1) is 17.4. The third-order valence-electron chi connectivity index (χ3n) is 2.25. The molecule has 0 bridgehead atoms. The number of thioether (sulfide) groups is 1. The van der Waals surface area contributed by atoms with Gasteiger partial charge in [0.2, 0.25) is 0 Å². The minimum Gasteiger partial charge on any atom is -0.254 e. The van der Waals surface area contributed by atoms with Crippen molar-refractivity contribution in [1.29, 1.82) is 0 Å². The summed E-state index contributed by atoms with van der Waals surface area (Å²) in [5.41, 5.74) is 3.60. The lowest BCUT2D eigenvalue weighted by molar-refractivity contribution is 1.28. The maximum Gasteiger partial charge on any atom is 0.271 e. The summed E-state index contributed by atoms with van der Waals surface area (Å²) in [6.07, 6.45) is 7.01. The van der Waals surface area contributed by atoms with Crippen LogP contribution in [0.25, 0.3) is 10.7 Å². The van der Waals surface area contributed by atoms with Crippen LogP contribution in [0.3, 0.4) is 0 Å². The number of thiazole rings is 1. The van der Waals surface area contributed by atoms with Crippen molar-refractivity contribution in [2.75, 3.05) is 0 Å². The van der Waals surface area contributed by atoms with E-state index in [2.05, 4.69) is 41.4 Å². The molecule has 0 saturated carbocycles. The molecule has 0 N–H and O–H groups in total. The van der Waals surface area contributed by atoms with Crippen molar-refractivity contribution in [2.45, 2.75) is 0 Å². The van der Waals surface area contributed by atoms with Crippen LogP contribution < -0.4 is 0 Å². The van der Waals surface area contributed by atoms with E-state index in [0.29, 0.717) is 0 Å². The second-order valence-corrected chi connectivity index (χ2v) is 6.23. The van der Waals surface area contributed by atoms with Crippen LogP contribution in [0.1, 0.15) is 0 Å². The van der Waals surface area contributed by atoms with Gasteiger partial charge in [-0.05, 0) is 45.2 Å². The molecule has 23 heavy (non-hydrogen) atoms. The number of aromatic nitrogens is 3. The minimum absolute atomic E-state index is 0.884. The summed E-state index contributed by atoms with van der Waals surface area (Å²) in [5.74, 6) is 0. The minimum atomic E-state index is 0.884. The van der Waals surface area contributed by atoms with Gasteiger partial charge in [-0.1, -0.05) is 12.1 Å². The zero-order valence-corrected chi connectivity index (χ0v) is 15.1. The average Bonchev–Trinajstić information content (AvgIpc) is 3.33. The SMILES string of the molecule is Brc1ccccn1.[C+]1=NC=CS1.c1ccc(-c2nccs2)nc1. The summed E-state index contributed by atoms with van der Waals surface area (Å²) in [6.45, 7) is 0. The molecule has 0 fully saturated rings. The van der Waals surface area contributed by atoms with E-state index in [4.69, 9.17) is 0 Å². The number of hydrogen-bond acceptors (Lipinski definition) is 6. The lowest BCUT2D eigenvalue weighted by Crippen LogP contribution is -1.78. The van der Waals surface area contributed by atoms with Gasteiger partial charge in [0.05, 0.1) is 5.69 Å². The number of hydrogen-bond donors (Lipinski definition) is 0. The largest absolute Gasteiger partial charge is 0.271 e. The van der Waals surface area contributed by atoms with Gasteiger partial charge in [0.25, 0.3) is 5.55 Å². The van der Waals surface area contributed by atoms with Crippen molar-refractivity contribution >= 4 is 44.6 Å². The molecule has 0 spiro atoms. The van der Waals surface area contributed by atoms with Crippen molar-refractivity contribution in [2.24, 2.45) is 4.99 Å². The van der Waals surface area contributed by atoms with E-state index in [1.165, 1.54) is 11.8 Å². The highest BCUT2D eigenvalue weighted by molar-refractivity contribution is 9.10. The molecular formula is C16H12BrN4S2+. The highest BCUT2D eigenvalue weighted by Gasteiger charge is 1.97. The normalized spacial score (nSPS) is 10.8. The first-order chi connectivity index (χ1) is 11.4. The molecule has 1 aliphatic heterocycles. The highest BCUT2D eigenvalue weighted by Crippen LogP contribution is 2.17. The Morgan fingerprint density at radius 2 is 1.74 bits per heavy atom. The zero-order chi connectivity index (χ0) is 16.2. The Kier molecular flexibility index (Phi) is 8.15. The van der Waals surface area contributed by atoms with E-state index in [-0.39, 0.29) is 0 Å². The summed E-state index contributed by atoms with van der Waals surface area (Å²) in [5, 5.41) is 4.80. The zero-order valence-electron chi connectivity index (χ0n) is 11.9. The van der Waals surface area contributed by atoms with Gasteiger partial charge in [-0.15, -0.1) is 11.3 Å². The predicted molar refractivity (Wildman–Crippen MR) is 101 cm³/mol. The molecule has 0 unspecified atom stereocenters. The predicted octanol–water partition coefficient (Wildman–Crippen LogP) is 5.16. The number of rotatable bonds is 1. The summed E-state index contributed by atoms with van der Waals surface area (Å²) >= 11 is 6.28. The maximum absolute atomic E-state index is 4.17. The Balaban J connectivity index is 0.000000137. The molecule has 3 aromatic rings. The van der Waals surface area contributed by atoms with Gasteiger partial charge >= 0.3 is 0 Å². The third kappa shape index (κ3) is 7.25. The van der Waals surface area contributed by atoms with Gasteiger partial charge in [-0.2, -0.15) is 0 Å². The van der Waals surface area contributed by atoms with Gasteiger partial charge in [0, 0.05) is 24.0 Å². The Morgan fingerprint density at radius 3 is 2.13 bits per heavy atom. The number of halogens is 1. The smallest absolute Gasteiger partial charge is 0.254 e. The highest BCUT2D eigenvalue weighted by atomic mass is 79.9. The Labute approximate surface area is 151 Å². The quantitative estimate of drug-likeness (QED) is 0.415. The third-order valence-corrected chi connectivity index (χ3v) is 3.99. The van der Waals surface area contributed by atoms with Gasteiger partial charge in [0.15, 0.2) is 6.20 Å². The van der Waals surface area contributed by atoms with E-state index in [0.717, 1.165) is 15.3 Å². The molecule has 4 nitrogen and oxygen atoms in total. The van der Waals surface area contributed by atoms with Crippen LogP contribution in [-0.4, -0.2) is 20.5 Å². The van der Waals surface area contributed by atoms with Crippen LogP contribution in [0.4, 0.5) is 0 Å². The van der Waals surface area contributed by atoms with Crippen molar-refractivity contribution in [3.05, 3.63) is 76.6 Å². The first-order valence-corrected chi connectivity index (χ1v) is 9.04. The molecule has 0 radical (unpaired) electrons. The molecule has 0 saturated heterocycles. The van der Waals surface area contributed by atoms with Crippen molar-refractivity contribution in [3.63, 3.8) is 0 Å². The topological polar surface area (TPSA) is 51.0 Å². The van der Waals surface area contributed by atoms with E-state index in [1.807, 2.05) is 47.2 Å². The van der Waals surface area contributed by atoms with Crippen LogP contribution in [-0.2, 0) is 0 Å². The van der Waals surface area contributed by atoms with Crippen molar-refractivity contribution in [3.8, 4) is 10.7 Å². The second-order valence-electron chi connectivity index (χ2n) is 3.83. The monoisotopic (exact) mass is 403 g/mol. The second kappa shape index (κ2) is 10.7. The van der Waals surface area contributed by atoms with E-state index >= 15 is 0 Å². The van der Waals surface area contributed by atoms with Crippen LogP contribution in [0.2, 0.25) is 0 Å². The molecule has 0 aromatic carbocycles. The number of aliphatic imine (C=N–C) groups is 1. The Morgan fingerprint density at radius 1 is 0.913 bits per heavy atom. The summed E-state index contributed by atoms with van der Waals surface area (Å²) < 4.78 is 0.884. The van der Waals surface area contributed by atoms with Crippen molar-refractivity contribution < 1.29 is 0 Å². The number of nitrogens with zero attached hydrogens (tertiary/aromatic N) is 4. The van der Waals surface area contributed by atoms with E-state index in [1.54, 1.807) is 36.1 Å². The molecule has 7 heteroatoms. The molecule has 0 amide bonds. The summed E-state index contributed by atoms with van der Waals surface area (Å²) in [4.78, 5) is 15.8.